The van der Waals surface area contributed by atoms with E-state index >= 15 is 0 Å². The number of likely N-dealkylation sites (N-methyl/N-ethyl adjacent to an activating group) is 1. The molecule has 0 saturated heterocycles. The average molecular weight is 211 g/mol. The van der Waals surface area contributed by atoms with Gasteiger partial charge in [-0.1, -0.05) is 6.42 Å². The van der Waals surface area contributed by atoms with Gasteiger partial charge in [-0.15, -0.1) is 0 Å². The zero-order chi connectivity index (χ0) is 11.1. The van der Waals surface area contributed by atoms with E-state index in [1.165, 1.54) is 19.3 Å². The third-order valence-electron chi connectivity index (χ3n) is 4.36. The minimum Gasteiger partial charge on any atom is -0.480 e. The second-order valence-corrected chi connectivity index (χ2v) is 5.40. The van der Waals surface area contributed by atoms with Crippen molar-refractivity contribution in [1.82, 2.24) is 4.90 Å². The maximum absolute atomic E-state index is 11.4. The normalized spacial score (nSPS) is 26.1. The highest BCUT2D eigenvalue weighted by Crippen LogP contribution is 2.43. The summed E-state index contributed by atoms with van der Waals surface area (Å²) >= 11 is 0. The Morgan fingerprint density at radius 3 is 2.33 bits per heavy atom. The molecule has 1 atom stereocenters. The first-order chi connectivity index (χ1) is 7.05. The first kappa shape index (κ1) is 10.9. The van der Waals surface area contributed by atoms with E-state index < -0.39 is 11.5 Å². The van der Waals surface area contributed by atoms with Gasteiger partial charge in [0.1, 0.15) is 5.54 Å². The van der Waals surface area contributed by atoms with Crippen LogP contribution in [0.4, 0.5) is 0 Å². The summed E-state index contributed by atoms with van der Waals surface area (Å²) in [6.45, 7) is 2.85. The molecule has 3 heteroatoms. The van der Waals surface area contributed by atoms with E-state index in [9.17, 15) is 9.90 Å². The molecule has 2 saturated carbocycles. The third-order valence-corrected chi connectivity index (χ3v) is 4.36. The number of carboxylic acids is 1. The van der Waals surface area contributed by atoms with Crippen LogP contribution in [-0.4, -0.2) is 35.1 Å². The summed E-state index contributed by atoms with van der Waals surface area (Å²) < 4.78 is 0. The monoisotopic (exact) mass is 211 g/mol. The molecule has 0 aromatic carbocycles. The van der Waals surface area contributed by atoms with E-state index in [2.05, 4.69) is 4.90 Å². The number of hydrogen-bond donors (Lipinski definition) is 1. The molecule has 0 bridgehead atoms. The number of hydrogen-bond acceptors (Lipinski definition) is 2. The number of nitrogens with zero attached hydrogens (tertiary/aromatic N) is 1. The lowest BCUT2D eigenvalue weighted by Gasteiger charge is -2.39. The molecular weight excluding hydrogens is 190 g/mol. The summed E-state index contributed by atoms with van der Waals surface area (Å²) in [4.78, 5) is 13.5. The van der Waals surface area contributed by atoms with Crippen LogP contribution in [0.3, 0.4) is 0 Å². The second kappa shape index (κ2) is 3.78. The van der Waals surface area contributed by atoms with Crippen molar-refractivity contribution in [3.8, 4) is 0 Å². The van der Waals surface area contributed by atoms with Crippen molar-refractivity contribution in [2.75, 3.05) is 13.6 Å². The van der Waals surface area contributed by atoms with Crippen molar-refractivity contribution in [2.24, 2.45) is 11.8 Å². The molecule has 86 valence electrons. The maximum atomic E-state index is 11.4. The van der Waals surface area contributed by atoms with Crippen LogP contribution < -0.4 is 0 Å². The van der Waals surface area contributed by atoms with Gasteiger partial charge in [0.15, 0.2) is 0 Å². The van der Waals surface area contributed by atoms with Crippen LogP contribution >= 0.6 is 0 Å². The molecular formula is C12H21NO2. The predicted molar refractivity (Wildman–Crippen MR) is 58.7 cm³/mol. The average Bonchev–Trinajstić information content (AvgIpc) is 2.92. The highest BCUT2D eigenvalue weighted by molar-refractivity contribution is 5.79. The standard InChI is InChI=1S/C12H21NO2/c1-12(11(14)15,10-6-7-10)13(2)8-9-4-3-5-9/h9-10H,3-8H2,1-2H3,(H,14,15). The molecule has 0 heterocycles. The van der Waals surface area contributed by atoms with Crippen molar-refractivity contribution < 1.29 is 9.90 Å². The molecule has 2 aliphatic carbocycles. The highest BCUT2D eigenvalue weighted by atomic mass is 16.4. The lowest BCUT2D eigenvalue weighted by Crippen LogP contribution is -2.54. The summed E-state index contributed by atoms with van der Waals surface area (Å²) in [6.07, 6.45) is 6.05. The number of carbonyl (C=O) groups is 1. The van der Waals surface area contributed by atoms with Gasteiger partial charge in [-0.3, -0.25) is 9.69 Å². The molecule has 1 unspecified atom stereocenters. The van der Waals surface area contributed by atoms with Gasteiger partial charge in [0.25, 0.3) is 0 Å². The molecule has 0 aromatic rings. The van der Waals surface area contributed by atoms with Crippen LogP contribution in [0.25, 0.3) is 0 Å². The van der Waals surface area contributed by atoms with Crippen LogP contribution in [0.5, 0.6) is 0 Å². The van der Waals surface area contributed by atoms with Crippen molar-refractivity contribution in [3.63, 3.8) is 0 Å². The summed E-state index contributed by atoms with van der Waals surface area (Å²) in [5, 5.41) is 9.38. The Labute approximate surface area is 91.5 Å². The van der Waals surface area contributed by atoms with Gasteiger partial charge < -0.3 is 5.11 Å². The van der Waals surface area contributed by atoms with Crippen LogP contribution in [0.15, 0.2) is 0 Å². The smallest absolute Gasteiger partial charge is 0.324 e. The quantitative estimate of drug-likeness (QED) is 0.756. The largest absolute Gasteiger partial charge is 0.480 e. The molecule has 0 aliphatic heterocycles. The van der Waals surface area contributed by atoms with Gasteiger partial charge in [0, 0.05) is 6.54 Å². The molecule has 3 nitrogen and oxygen atoms in total. The minimum absolute atomic E-state index is 0.375. The fourth-order valence-electron chi connectivity index (χ4n) is 2.55. The molecule has 0 radical (unpaired) electrons. The zero-order valence-corrected chi connectivity index (χ0v) is 9.70. The van der Waals surface area contributed by atoms with Crippen molar-refractivity contribution in [3.05, 3.63) is 0 Å². The summed E-state index contributed by atoms with van der Waals surface area (Å²) in [5.74, 6) is 0.472. The molecule has 15 heavy (non-hydrogen) atoms. The molecule has 0 spiro atoms. The molecule has 2 rings (SSSR count). The Morgan fingerprint density at radius 1 is 1.40 bits per heavy atom. The van der Waals surface area contributed by atoms with E-state index in [1.54, 1.807) is 0 Å². The van der Waals surface area contributed by atoms with Crippen LogP contribution in [0, 0.1) is 11.8 Å². The lowest BCUT2D eigenvalue weighted by atomic mass is 9.83. The Kier molecular flexibility index (Phi) is 2.75. The summed E-state index contributed by atoms with van der Waals surface area (Å²) in [5.41, 5.74) is -0.615. The topological polar surface area (TPSA) is 40.5 Å². The van der Waals surface area contributed by atoms with Gasteiger partial charge in [0.2, 0.25) is 0 Å². The van der Waals surface area contributed by atoms with Crippen LogP contribution in [-0.2, 0) is 4.79 Å². The number of carboxylic acid groups (broad SMARTS) is 1. The molecule has 0 amide bonds. The fraction of sp³-hybridized carbons (Fsp3) is 0.917. The van der Waals surface area contributed by atoms with Crippen molar-refractivity contribution in [1.29, 1.82) is 0 Å². The SMILES string of the molecule is CN(CC1CCC1)C(C)(C(=O)O)C1CC1. The summed E-state index contributed by atoms with van der Waals surface area (Å²) in [6, 6.07) is 0. The minimum atomic E-state index is -0.646. The summed E-state index contributed by atoms with van der Waals surface area (Å²) in [7, 11) is 1.98. The Balaban J connectivity index is 1.99. The Bertz CT molecular complexity index is 258. The van der Waals surface area contributed by atoms with E-state index in [-0.39, 0.29) is 0 Å². The van der Waals surface area contributed by atoms with E-state index in [4.69, 9.17) is 0 Å². The van der Waals surface area contributed by atoms with Crippen LogP contribution in [0.2, 0.25) is 0 Å². The van der Waals surface area contributed by atoms with Gasteiger partial charge in [-0.05, 0) is 51.5 Å². The first-order valence-corrected chi connectivity index (χ1v) is 5.99. The maximum Gasteiger partial charge on any atom is 0.324 e. The third kappa shape index (κ3) is 1.89. The molecule has 0 aromatic heterocycles. The molecule has 2 fully saturated rings. The lowest BCUT2D eigenvalue weighted by molar-refractivity contribution is -0.151. The van der Waals surface area contributed by atoms with Gasteiger partial charge in [0.05, 0.1) is 0 Å². The Morgan fingerprint density at radius 2 is 2.00 bits per heavy atom. The van der Waals surface area contributed by atoms with Gasteiger partial charge in [-0.2, -0.15) is 0 Å². The van der Waals surface area contributed by atoms with E-state index in [1.807, 2.05) is 14.0 Å². The Hall–Kier alpha value is -0.570. The van der Waals surface area contributed by atoms with E-state index in [0.717, 1.165) is 25.3 Å². The highest BCUT2D eigenvalue weighted by Gasteiger charge is 2.50. The van der Waals surface area contributed by atoms with Crippen LogP contribution in [0.1, 0.15) is 39.0 Å². The zero-order valence-electron chi connectivity index (χ0n) is 9.70. The van der Waals surface area contributed by atoms with Gasteiger partial charge in [-0.25, -0.2) is 0 Å². The molecule has 1 N–H and O–H groups in total. The molecule has 2 aliphatic rings. The van der Waals surface area contributed by atoms with Crippen molar-refractivity contribution >= 4 is 5.97 Å². The number of aliphatic carboxylic acids is 1. The first-order valence-electron chi connectivity index (χ1n) is 5.99. The van der Waals surface area contributed by atoms with E-state index in [0.29, 0.717) is 5.92 Å². The fourth-order valence-corrected chi connectivity index (χ4v) is 2.55. The number of rotatable bonds is 5. The van der Waals surface area contributed by atoms with Gasteiger partial charge >= 0.3 is 5.97 Å². The van der Waals surface area contributed by atoms with Crippen molar-refractivity contribution in [2.45, 2.75) is 44.6 Å². The predicted octanol–water partition coefficient (Wildman–Crippen LogP) is 1.97. The second-order valence-electron chi connectivity index (χ2n) is 5.40.